The molecule has 0 unspecified atom stereocenters. The van der Waals surface area contributed by atoms with Gasteiger partial charge in [0.25, 0.3) is 5.91 Å². The van der Waals surface area contributed by atoms with Gasteiger partial charge in [-0.2, -0.15) is 0 Å². The lowest BCUT2D eigenvalue weighted by atomic mass is 10.3. The van der Waals surface area contributed by atoms with E-state index in [-0.39, 0.29) is 30.5 Å². The first kappa shape index (κ1) is 15.4. The summed E-state index contributed by atoms with van der Waals surface area (Å²) in [6, 6.07) is 4.73. The van der Waals surface area contributed by atoms with Crippen molar-refractivity contribution < 1.29 is 27.9 Å². The van der Waals surface area contributed by atoms with E-state index in [2.05, 4.69) is 5.16 Å². The molecule has 6 nitrogen and oxygen atoms in total. The Bertz CT molecular complexity index is 699. The molecule has 0 saturated carbocycles. The van der Waals surface area contributed by atoms with Crippen molar-refractivity contribution in [2.45, 2.75) is 19.1 Å². The molecule has 23 heavy (non-hydrogen) atoms. The molecule has 3 rings (SSSR count). The van der Waals surface area contributed by atoms with Crippen molar-refractivity contribution in [2.24, 2.45) is 0 Å². The second kappa shape index (κ2) is 6.33. The number of rotatable bonds is 4. The largest absolute Gasteiger partial charge is 0.479 e. The first-order valence-corrected chi connectivity index (χ1v) is 7.04. The zero-order chi connectivity index (χ0) is 16.4. The standard InChI is InChI=1S/C15H14F2N2O4/c16-11-2-1-3-12(17)14(11)22-8-10-6-13(18-23-10)15(21)19-5-4-9(20)7-19/h1-3,6,9,20H,4-5,7-8H2/t9-/m0/s1. The molecule has 122 valence electrons. The number of benzene rings is 1. The van der Waals surface area contributed by atoms with E-state index in [4.69, 9.17) is 9.26 Å². The van der Waals surface area contributed by atoms with Crippen molar-refractivity contribution in [3.63, 3.8) is 0 Å². The zero-order valence-electron chi connectivity index (χ0n) is 12.0. The predicted octanol–water partition coefficient (Wildman–Crippen LogP) is 1.74. The van der Waals surface area contributed by atoms with Gasteiger partial charge < -0.3 is 19.3 Å². The maximum Gasteiger partial charge on any atom is 0.276 e. The minimum Gasteiger partial charge on any atom is -0.479 e. The number of aromatic nitrogens is 1. The van der Waals surface area contributed by atoms with E-state index in [9.17, 15) is 18.7 Å². The molecular formula is C15H14F2N2O4. The van der Waals surface area contributed by atoms with Gasteiger partial charge in [-0.3, -0.25) is 4.79 Å². The molecule has 0 radical (unpaired) electrons. The molecule has 1 amide bonds. The summed E-state index contributed by atoms with van der Waals surface area (Å²) in [6.07, 6.45) is -0.00996. The van der Waals surface area contributed by atoms with Crippen LogP contribution in [0.3, 0.4) is 0 Å². The molecule has 1 aromatic heterocycles. The maximum atomic E-state index is 13.4. The highest BCUT2D eigenvalue weighted by molar-refractivity contribution is 5.92. The topological polar surface area (TPSA) is 75.8 Å². The van der Waals surface area contributed by atoms with Gasteiger partial charge in [-0.15, -0.1) is 0 Å². The molecule has 1 N–H and O–H groups in total. The van der Waals surface area contributed by atoms with E-state index >= 15 is 0 Å². The van der Waals surface area contributed by atoms with Gasteiger partial charge in [-0.25, -0.2) is 8.78 Å². The summed E-state index contributed by atoms with van der Waals surface area (Å²) in [4.78, 5) is 13.6. The van der Waals surface area contributed by atoms with E-state index in [0.717, 1.165) is 12.1 Å². The molecule has 8 heteroatoms. The summed E-state index contributed by atoms with van der Waals surface area (Å²) >= 11 is 0. The number of β-amino-alcohol motifs (C(OH)–C–C–N with tert-alkyl or cyclic N) is 1. The van der Waals surface area contributed by atoms with E-state index in [0.29, 0.717) is 13.0 Å². The molecule has 2 aromatic rings. The number of ether oxygens (including phenoxy) is 1. The molecule has 1 fully saturated rings. The molecule has 0 spiro atoms. The highest BCUT2D eigenvalue weighted by Gasteiger charge is 2.27. The summed E-state index contributed by atoms with van der Waals surface area (Å²) in [5, 5.41) is 13.1. The minimum absolute atomic E-state index is 0.0618. The van der Waals surface area contributed by atoms with Crippen LogP contribution in [0.4, 0.5) is 8.78 Å². The number of hydrogen-bond acceptors (Lipinski definition) is 5. The Morgan fingerprint density at radius 2 is 2.17 bits per heavy atom. The van der Waals surface area contributed by atoms with E-state index < -0.39 is 23.5 Å². The molecular weight excluding hydrogens is 310 g/mol. The van der Waals surface area contributed by atoms with Crippen molar-refractivity contribution in [2.75, 3.05) is 13.1 Å². The number of amides is 1. The van der Waals surface area contributed by atoms with Crippen LogP contribution in [0, 0.1) is 11.6 Å². The van der Waals surface area contributed by atoms with E-state index in [1.165, 1.54) is 17.0 Å². The second-order valence-corrected chi connectivity index (χ2v) is 5.21. The Labute approximate surface area is 130 Å². The van der Waals surface area contributed by atoms with Crippen LogP contribution in [-0.2, 0) is 6.61 Å². The lowest BCUT2D eigenvalue weighted by Crippen LogP contribution is -2.29. The number of nitrogens with zero attached hydrogens (tertiary/aromatic N) is 2. The fourth-order valence-corrected chi connectivity index (χ4v) is 2.33. The van der Waals surface area contributed by atoms with Crippen molar-refractivity contribution in [3.8, 4) is 5.75 Å². The van der Waals surface area contributed by atoms with Gasteiger partial charge >= 0.3 is 0 Å². The van der Waals surface area contributed by atoms with Gasteiger partial charge in [-0.05, 0) is 18.6 Å². The lowest BCUT2D eigenvalue weighted by molar-refractivity contribution is 0.0754. The number of carbonyl (C=O) groups excluding carboxylic acids is 1. The van der Waals surface area contributed by atoms with E-state index in [1.54, 1.807) is 0 Å². The molecule has 1 aromatic carbocycles. The molecule has 0 aliphatic carbocycles. The molecule has 1 aliphatic rings. The monoisotopic (exact) mass is 324 g/mol. The van der Waals surface area contributed by atoms with Crippen LogP contribution in [0.2, 0.25) is 0 Å². The van der Waals surface area contributed by atoms with Crippen molar-refractivity contribution >= 4 is 5.91 Å². The van der Waals surface area contributed by atoms with Crippen LogP contribution in [0.1, 0.15) is 22.7 Å². The van der Waals surface area contributed by atoms with Gasteiger partial charge in [-0.1, -0.05) is 11.2 Å². The normalized spacial score (nSPS) is 17.5. The smallest absolute Gasteiger partial charge is 0.276 e. The third-order valence-corrected chi connectivity index (χ3v) is 3.51. The number of likely N-dealkylation sites (tertiary alicyclic amines) is 1. The Balaban J connectivity index is 1.64. The zero-order valence-corrected chi connectivity index (χ0v) is 12.0. The number of aliphatic hydroxyl groups excluding tert-OH is 1. The summed E-state index contributed by atoms with van der Waals surface area (Å²) < 4.78 is 36.8. The third kappa shape index (κ3) is 3.31. The van der Waals surface area contributed by atoms with Crippen molar-refractivity contribution in [3.05, 3.63) is 47.4 Å². The second-order valence-electron chi connectivity index (χ2n) is 5.21. The maximum absolute atomic E-state index is 13.4. The van der Waals surface area contributed by atoms with Crippen LogP contribution in [0.5, 0.6) is 5.75 Å². The van der Waals surface area contributed by atoms with Crippen molar-refractivity contribution in [1.82, 2.24) is 10.1 Å². The van der Waals surface area contributed by atoms with Crippen LogP contribution in [0.25, 0.3) is 0 Å². The summed E-state index contributed by atoms with van der Waals surface area (Å²) in [5.74, 6) is -2.37. The average Bonchev–Trinajstić information content (AvgIpc) is 3.15. The van der Waals surface area contributed by atoms with Crippen molar-refractivity contribution in [1.29, 1.82) is 0 Å². The number of aliphatic hydroxyl groups is 1. The van der Waals surface area contributed by atoms with E-state index in [1.807, 2.05) is 0 Å². The SMILES string of the molecule is O=C(c1cc(COc2c(F)cccc2F)on1)N1CC[C@H](O)C1. The number of halogens is 2. The summed E-state index contributed by atoms with van der Waals surface area (Å²) in [7, 11) is 0. The fraction of sp³-hybridized carbons (Fsp3) is 0.333. The van der Waals surface area contributed by atoms with Gasteiger partial charge in [0.05, 0.1) is 6.10 Å². The number of para-hydroxylation sites is 1. The predicted molar refractivity (Wildman–Crippen MR) is 73.7 cm³/mol. The Morgan fingerprint density at radius 3 is 2.83 bits per heavy atom. The Kier molecular flexibility index (Phi) is 4.24. The molecule has 1 aliphatic heterocycles. The van der Waals surface area contributed by atoms with Crippen LogP contribution in [-0.4, -0.2) is 40.3 Å². The fourth-order valence-electron chi connectivity index (χ4n) is 2.33. The molecule has 2 heterocycles. The molecule has 1 saturated heterocycles. The van der Waals surface area contributed by atoms with Crippen LogP contribution < -0.4 is 4.74 Å². The lowest BCUT2D eigenvalue weighted by Gasteiger charge is -2.12. The first-order chi connectivity index (χ1) is 11.0. The van der Waals surface area contributed by atoms with Gasteiger partial charge in [0.1, 0.15) is 6.61 Å². The molecule has 1 atom stereocenters. The van der Waals surface area contributed by atoms with Gasteiger partial charge in [0.2, 0.25) is 0 Å². The van der Waals surface area contributed by atoms with Crippen LogP contribution in [0.15, 0.2) is 28.8 Å². The number of hydrogen-bond donors (Lipinski definition) is 1. The molecule has 0 bridgehead atoms. The average molecular weight is 324 g/mol. The highest BCUT2D eigenvalue weighted by Crippen LogP contribution is 2.22. The highest BCUT2D eigenvalue weighted by atomic mass is 19.1. The Hall–Kier alpha value is -2.48. The van der Waals surface area contributed by atoms with Crippen LogP contribution >= 0.6 is 0 Å². The van der Waals surface area contributed by atoms with Gasteiger partial charge in [0.15, 0.2) is 28.8 Å². The number of carbonyl (C=O) groups is 1. The summed E-state index contributed by atoms with van der Waals surface area (Å²) in [6.45, 7) is 0.428. The first-order valence-electron chi connectivity index (χ1n) is 7.04. The summed E-state index contributed by atoms with van der Waals surface area (Å²) in [5.41, 5.74) is 0.0618. The third-order valence-electron chi connectivity index (χ3n) is 3.51. The minimum atomic E-state index is -0.827. The Morgan fingerprint density at radius 1 is 1.43 bits per heavy atom. The quantitative estimate of drug-likeness (QED) is 0.927. The van der Waals surface area contributed by atoms with Gasteiger partial charge in [0, 0.05) is 19.2 Å².